The Morgan fingerprint density at radius 1 is 0.829 bits per heavy atom. The maximum atomic E-state index is 13.8. The van der Waals surface area contributed by atoms with E-state index >= 15 is 0 Å². The van der Waals surface area contributed by atoms with E-state index in [4.69, 9.17) is 14.2 Å². The van der Waals surface area contributed by atoms with Crippen LogP contribution in [0.3, 0.4) is 0 Å². The number of carbonyl (C=O) groups excluding carboxylic acids is 6. The van der Waals surface area contributed by atoms with Crippen LogP contribution in [0.5, 0.6) is 0 Å². The first-order chi connectivity index (χ1) is 16.7. The molecule has 35 heavy (non-hydrogen) atoms. The van der Waals surface area contributed by atoms with Gasteiger partial charge in [0, 0.05) is 6.42 Å². The number of imide groups is 1. The Morgan fingerprint density at radius 3 is 1.77 bits per heavy atom. The van der Waals surface area contributed by atoms with Gasteiger partial charge in [0.15, 0.2) is 5.78 Å². The Kier molecular flexibility index (Phi) is 9.68. The lowest BCUT2D eigenvalue weighted by molar-refractivity contribution is -0.176. The second kappa shape index (κ2) is 12.2. The molecule has 1 aromatic rings. The summed E-state index contributed by atoms with van der Waals surface area (Å²) in [6.07, 6.45) is 0.0409. The van der Waals surface area contributed by atoms with Crippen LogP contribution in [0, 0.1) is 5.41 Å². The van der Waals surface area contributed by atoms with Gasteiger partial charge >= 0.3 is 17.9 Å². The number of hydrogen-bond donors (Lipinski definition) is 0. The Morgan fingerprint density at radius 2 is 1.31 bits per heavy atom. The largest absolute Gasteiger partial charge is 0.466 e. The summed E-state index contributed by atoms with van der Waals surface area (Å²) in [5.74, 6) is -5.08. The fourth-order valence-electron chi connectivity index (χ4n) is 4.05. The fraction of sp³-hybridized carbons (Fsp3) is 0.520. The number of nitrogens with zero attached hydrogens (tertiary/aromatic N) is 1. The number of ketones is 1. The molecule has 1 atom stereocenters. The third-order valence-electron chi connectivity index (χ3n) is 5.75. The minimum Gasteiger partial charge on any atom is -0.466 e. The van der Waals surface area contributed by atoms with Crippen LogP contribution in [0.15, 0.2) is 24.3 Å². The Labute approximate surface area is 203 Å². The van der Waals surface area contributed by atoms with E-state index in [1.54, 1.807) is 19.1 Å². The second-order valence-corrected chi connectivity index (χ2v) is 7.92. The van der Waals surface area contributed by atoms with Gasteiger partial charge in [-0.15, -0.1) is 0 Å². The average Bonchev–Trinajstić information content (AvgIpc) is 3.09. The van der Waals surface area contributed by atoms with E-state index < -0.39 is 47.0 Å². The molecule has 0 saturated heterocycles. The van der Waals surface area contributed by atoms with Crippen LogP contribution in [0.2, 0.25) is 0 Å². The molecular weight excluding hydrogens is 458 g/mol. The predicted molar refractivity (Wildman–Crippen MR) is 122 cm³/mol. The molecule has 0 fully saturated rings. The van der Waals surface area contributed by atoms with E-state index in [2.05, 4.69) is 0 Å². The van der Waals surface area contributed by atoms with Crippen molar-refractivity contribution in [1.82, 2.24) is 4.90 Å². The molecule has 0 aromatic heterocycles. The number of rotatable bonds is 13. The Hall–Kier alpha value is -3.56. The van der Waals surface area contributed by atoms with Gasteiger partial charge in [-0.1, -0.05) is 18.6 Å². The number of Topliss-reactive ketones (excluding diaryl/α,β-unsaturated/α-hetero) is 1. The first kappa shape index (κ1) is 27.7. The van der Waals surface area contributed by atoms with Crippen molar-refractivity contribution in [3.05, 3.63) is 35.4 Å². The van der Waals surface area contributed by atoms with Crippen LogP contribution in [0.1, 0.15) is 74.1 Å². The molecular formula is C25H31NO9. The van der Waals surface area contributed by atoms with Gasteiger partial charge < -0.3 is 14.2 Å². The maximum Gasteiger partial charge on any atom is 0.331 e. The third kappa shape index (κ3) is 5.58. The molecule has 0 spiro atoms. The molecule has 1 heterocycles. The molecule has 0 saturated carbocycles. The second-order valence-electron chi connectivity index (χ2n) is 7.92. The van der Waals surface area contributed by atoms with Crippen molar-refractivity contribution < 1.29 is 43.0 Å². The predicted octanol–water partition coefficient (Wildman–Crippen LogP) is 2.48. The highest BCUT2D eigenvalue weighted by molar-refractivity contribution is 6.26. The number of benzene rings is 1. The number of fused-ring (bicyclic) bond motifs is 1. The number of amides is 2. The topological polar surface area (TPSA) is 133 Å². The van der Waals surface area contributed by atoms with Crippen molar-refractivity contribution in [2.45, 2.75) is 59.4 Å². The molecule has 0 bridgehead atoms. The van der Waals surface area contributed by atoms with Crippen LogP contribution in [0.25, 0.3) is 0 Å². The van der Waals surface area contributed by atoms with Gasteiger partial charge in [-0.3, -0.25) is 33.7 Å². The number of ether oxygens (including phenoxy) is 3. The standard InChI is InChI=1S/C25H31NO9/c1-5-33-19(27)14-10-11-15-25(23(31)34-6-2,24(32)35-7-3)20(28)16(4)26-21(29)17-12-8-9-13-18(17)22(26)30/h8-9,12-13,16H,5-7,10-11,14-15H2,1-4H3/t16-/m1/s1. The highest BCUT2D eigenvalue weighted by Gasteiger charge is 2.58. The molecule has 10 nitrogen and oxygen atoms in total. The van der Waals surface area contributed by atoms with Crippen LogP contribution in [0.4, 0.5) is 0 Å². The quantitative estimate of drug-likeness (QED) is 0.135. The van der Waals surface area contributed by atoms with Gasteiger partial charge in [0.2, 0.25) is 5.41 Å². The first-order valence-corrected chi connectivity index (χ1v) is 11.7. The first-order valence-electron chi connectivity index (χ1n) is 11.7. The van der Waals surface area contributed by atoms with E-state index in [1.807, 2.05) is 0 Å². The molecule has 0 aliphatic carbocycles. The van der Waals surface area contributed by atoms with E-state index in [0.29, 0.717) is 0 Å². The molecule has 0 radical (unpaired) electrons. The minimum absolute atomic E-state index is 0.0255. The van der Waals surface area contributed by atoms with Gasteiger partial charge in [-0.25, -0.2) is 0 Å². The minimum atomic E-state index is -2.41. The lowest BCUT2D eigenvalue weighted by Crippen LogP contribution is -2.56. The average molecular weight is 490 g/mol. The number of hydrogen-bond acceptors (Lipinski definition) is 9. The monoisotopic (exact) mass is 489 g/mol. The Bertz CT molecular complexity index is 947. The van der Waals surface area contributed by atoms with Crippen LogP contribution < -0.4 is 0 Å². The number of carbonyl (C=O) groups is 6. The van der Waals surface area contributed by atoms with Gasteiger partial charge in [0.05, 0.1) is 37.0 Å². The zero-order valence-electron chi connectivity index (χ0n) is 20.5. The molecule has 0 unspecified atom stereocenters. The fourth-order valence-corrected chi connectivity index (χ4v) is 4.05. The molecule has 1 aliphatic heterocycles. The SMILES string of the molecule is CCOC(=O)CCCCC(C(=O)OCC)(C(=O)OCC)C(=O)[C@@H](C)N1C(=O)c2ccccc2C1=O. The molecule has 190 valence electrons. The molecule has 1 aliphatic rings. The smallest absolute Gasteiger partial charge is 0.331 e. The van der Waals surface area contributed by atoms with Crippen LogP contribution in [-0.4, -0.2) is 66.3 Å². The summed E-state index contributed by atoms with van der Waals surface area (Å²) < 4.78 is 15.1. The summed E-state index contributed by atoms with van der Waals surface area (Å²) in [5, 5.41) is 0. The van der Waals surface area contributed by atoms with E-state index in [-0.39, 0.29) is 56.6 Å². The van der Waals surface area contributed by atoms with Crippen molar-refractivity contribution in [2.75, 3.05) is 19.8 Å². The molecule has 2 rings (SSSR count). The van der Waals surface area contributed by atoms with Crippen molar-refractivity contribution in [2.24, 2.45) is 5.41 Å². The van der Waals surface area contributed by atoms with Gasteiger partial charge in [-0.2, -0.15) is 0 Å². The number of unbranched alkanes of at least 4 members (excludes halogenated alkanes) is 1. The summed E-state index contributed by atoms with van der Waals surface area (Å²) in [6, 6.07) is 4.65. The van der Waals surface area contributed by atoms with Crippen LogP contribution in [-0.2, 0) is 33.4 Å². The highest BCUT2D eigenvalue weighted by Crippen LogP contribution is 2.35. The number of esters is 3. The third-order valence-corrected chi connectivity index (χ3v) is 5.75. The summed E-state index contributed by atoms with van der Waals surface area (Å²) in [4.78, 5) is 78.4. The summed E-state index contributed by atoms with van der Waals surface area (Å²) >= 11 is 0. The van der Waals surface area contributed by atoms with Crippen LogP contribution >= 0.6 is 0 Å². The van der Waals surface area contributed by atoms with E-state index in [1.165, 1.54) is 32.9 Å². The highest BCUT2D eigenvalue weighted by atomic mass is 16.6. The zero-order chi connectivity index (χ0) is 26.2. The maximum absolute atomic E-state index is 13.8. The van der Waals surface area contributed by atoms with Crippen molar-refractivity contribution in [1.29, 1.82) is 0 Å². The van der Waals surface area contributed by atoms with Crippen molar-refractivity contribution >= 4 is 35.5 Å². The lowest BCUT2D eigenvalue weighted by Gasteiger charge is -2.32. The van der Waals surface area contributed by atoms with E-state index in [0.717, 1.165) is 4.90 Å². The van der Waals surface area contributed by atoms with Crippen molar-refractivity contribution in [3.63, 3.8) is 0 Å². The molecule has 10 heteroatoms. The molecule has 0 N–H and O–H groups in total. The summed E-state index contributed by atoms with van der Waals surface area (Å²) in [7, 11) is 0. The van der Waals surface area contributed by atoms with Gasteiger partial charge in [0.1, 0.15) is 0 Å². The van der Waals surface area contributed by atoms with E-state index in [9.17, 15) is 28.8 Å². The normalized spacial score (nSPS) is 13.8. The van der Waals surface area contributed by atoms with Gasteiger partial charge in [-0.05, 0) is 52.7 Å². The Balaban J connectivity index is 2.41. The van der Waals surface area contributed by atoms with Gasteiger partial charge in [0.25, 0.3) is 11.8 Å². The molecule has 2 amide bonds. The van der Waals surface area contributed by atoms with Crippen molar-refractivity contribution in [3.8, 4) is 0 Å². The zero-order valence-corrected chi connectivity index (χ0v) is 20.5. The molecule has 1 aromatic carbocycles. The summed E-state index contributed by atoms with van der Waals surface area (Å²) in [6.45, 7) is 5.98. The lowest BCUT2D eigenvalue weighted by atomic mass is 9.75. The summed E-state index contributed by atoms with van der Waals surface area (Å²) in [5.41, 5.74) is -2.15.